The smallest absolute Gasteiger partial charge is 0.338 e. The second-order valence-corrected chi connectivity index (χ2v) is 7.36. The van der Waals surface area contributed by atoms with Gasteiger partial charge in [0.15, 0.2) is 0 Å². The number of ether oxygens (including phenoxy) is 1. The average Bonchev–Trinajstić information content (AvgIpc) is 3.15. The number of likely N-dealkylation sites (N-methyl/N-ethyl adjacent to an activating group) is 1. The molecule has 0 aliphatic carbocycles. The summed E-state index contributed by atoms with van der Waals surface area (Å²) in [5.74, 6) is -0.336. The van der Waals surface area contributed by atoms with Crippen molar-refractivity contribution >= 4 is 22.9 Å². The summed E-state index contributed by atoms with van der Waals surface area (Å²) in [6.45, 7) is 2.26. The molecule has 1 fully saturated rings. The van der Waals surface area contributed by atoms with E-state index in [4.69, 9.17) is 4.74 Å². The van der Waals surface area contributed by atoms with Gasteiger partial charge in [0.25, 0.3) is 0 Å². The normalized spacial score (nSPS) is 17.4. The van der Waals surface area contributed by atoms with Crippen LogP contribution in [0.15, 0.2) is 54.9 Å². The van der Waals surface area contributed by atoms with Crippen LogP contribution in [0.25, 0.3) is 11.0 Å². The first-order chi connectivity index (χ1) is 14.1. The van der Waals surface area contributed by atoms with E-state index < -0.39 is 0 Å². The molecule has 1 aliphatic heterocycles. The Balaban J connectivity index is 1.44. The molecule has 0 saturated carbocycles. The fraction of sp³-hybridized carbons (Fsp3) is 0.318. The van der Waals surface area contributed by atoms with Gasteiger partial charge in [0.1, 0.15) is 12.3 Å². The van der Waals surface area contributed by atoms with E-state index in [0.29, 0.717) is 25.1 Å². The molecule has 7 nitrogen and oxygen atoms in total. The van der Waals surface area contributed by atoms with Gasteiger partial charge in [-0.15, -0.1) is 0 Å². The molecule has 1 amide bonds. The number of nitrogens with zero attached hydrogens (tertiary/aromatic N) is 3. The molecule has 29 heavy (non-hydrogen) atoms. The van der Waals surface area contributed by atoms with Gasteiger partial charge >= 0.3 is 5.97 Å². The third-order valence-corrected chi connectivity index (χ3v) is 5.30. The molecule has 1 saturated heterocycles. The largest absolute Gasteiger partial charge is 0.460 e. The molecule has 0 bridgehead atoms. The number of aromatic nitrogens is 2. The molecule has 4 rings (SSSR count). The zero-order chi connectivity index (χ0) is 20.2. The lowest BCUT2D eigenvalue weighted by Gasteiger charge is -2.39. The Bertz CT molecular complexity index is 1000. The van der Waals surface area contributed by atoms with Crippen LogP contribution in [0.4, 0.5) is 0 Å². The zero-order valence-corrected chi connectivity index (χ0v) is 16.4. The predicted molar refractivity (Wildman–Crippen MR) is 110 cm³/mol. The second-order valence-electron chi connectivity index (χ2n) is 7.36. The monoisotopic (exact) mass is 392 g/mol. The van der Waals surface area contributed by atoms with Crippen LogP contribution < -0.4 is 0 Å². The number of aromatic amines is 1. The number of nitrogens with one attached hydrogen (secondary N) is 1. The Labute approximate surface area is 169 Å². The van der Waals surface area contributed by atoms with E-state index in [9.17, 15) is 9.59 Å². The minimum absolute atomic E-state index is 0.0311. The highest BCUT2D eigenvalue weighted by Gasteiger charge is 2.30. The molecule has 1 aromatic carbocycles. The van der Waals surface area contributed by atoms with Crippen LogP contribution in [0.3, 0.4) is 0 Å². The van der Waals surface area contributed by atoms with Gasteiger partial charge in [-0.25, -0.2) is 9.78 Å². The summed E-state index contributed by atoms with van der Waals surface area (Å²) in [6, 6.07) is 12.6. The molecular weight excluding hydrogens is 368 g/mol. The molecule has 0 spiro atoms. The number of esters is 1. The van der Waals surface area contributed by atoms with Crippen LogP contribution in [0, 0.1) is 0 Å². The lowest BCUT2D eigenvalue weighted by molar-refractivity contribution is -0.136. The van der Waals surface area contributed by atoms with Crippen LogP contribution in [0.2, 0.25) is 0 Å². The third-order valence-electron chi connectivity index (χ3n) is 5.30. The maximum Gasteiger partial charge on any atom is 0.338 e. The van der Waals surface area contributed by atoms with E-state index in [1.54, 1.807) is 30.5 Å². The third kappa shape index (κ3) is 4.30. The van der Waals surface area contributed by atoms with Crippen molar-refractivity contribution in [3.63, 3.8) is 0 Å². The van der Waals surface area contributed by atoms with Gasteiger partial charge in [-0.3, -0.25) is 4.79 Å². The highest BCUT2D eigenvalue weighted by Crippen LogP contribution is 2.19. The molecule has 1 atom stereocenters. The number of piperazine rings is 1. The maximum atomic E-state index is 13.1. The van der Waals surface area contributed by atoms with Crippen LogP contribution in [-0.2, 0) is 16.0 Å². The van der Waals surface area contributed by atoms with Crippen LogP contribution in [0.5, 0.6) is 0 Å². The topological polar surface area (TPSA) is 78.5 Å². The van der Waals surface area contributed by atoms with Crippen molar-refractivity contribution in [3.05, 3.63) is 66.0 Å². The van der Waals surface area contributed by atoms with Crippen molar-refractivity contribution in [3.8, 4) is 0 Å². The van der Waals surface area contributed by atoms with E-state index in [1.165, 1.54) is 0 Å². The van der Waals surface area contributed by atoms with Gasteiger partial charge in [-0.05, 0) is 36.9 Å². The fourth-order valence-electron chi connectivity index (χ4n) is 3.73. The molecule has 2 aromatic heterocycles. The summed E-state index contributed by atoms with van der Waals surface area (Å²) in [5.41, 5.74) is 2.22. The second kappa shape index (κ2) is 8.45. The van der Waals surface area contributed by atoms with Crippen molar-refractivity contribution in [2.75, 3.05) is 33.3 Å². The van der Waals surface area contributed by atoms with E-state index in [0.717, 1.165) is 23.1 Å². The number of amides is 1. The van der Waals surface area contributed by atoms with Crippen molar-refractivity contribution in [1.82, 2.24) is 19.8 Å². The molecule has 1 aliphatic rings. The molecule has 1 N–H and O–H groups in total. The zero-order valence-electron chi connectivity index (χ0n) is 16.4. The average molecular weight is 392 g/mol. The Hall–Kier alpha value is -3.19. The van der Waals surface area contributed by atoms with Crippen molar-refractivity contribution < 1.29 is 14.3 Å². The lowest BCUT2D eigenvalue weighted by atomic mass is 10.1. The molecule has 3 heterocycles. The predicted octanol–water partition coefficient (Wildman–Crippen LogP) is 2.10. The first-order valence-corrected chi connectivity index (χ1v) is 9.73. The molecule has 0 radical (unpaired) electrons. The SMILES string of the molecule is CN1CCN(C(=O)Cc2c[nH]c3ncccc23)C(COC(=O)c2ccccc2)C1. The Morgan fingerprint density at radius 3 is 2.83 bits per heavy atom. The van der Waals surface area contributed by atoms with Crippen molar-refractivity contribution in [1.29, 1.82) is 0 Å². The Morgan fingerprint density at radius 2 is 2.00 bits per heavy atom. The maximum absolute atomic E-state index is 13.1. The highest BCUT2D eigenvalue weighted by atomic mass is 16.5. The first-order valence-electron chi connectivity index (χ1n) is 9.73. The van der Waals surface area contributed by atoms with Gasteiger partial charge in [0.05, 0.1) is 18.0 Å². The van der Waals surface area contributed by atoms with Crippen molar-refractivity contribution in [2.45, 2.75) is 12.5 Å². The molecule has 1 unspecified atom stereocenters. The minimum atomic E-state index is -0.367. The molecule has 7 heteroatoms. The number of fused-ring (bicyclic) bond motifs is 1. The Kier molecular flexibility index (Phi) is 5.57. The number of H-pyrrole nitrogens is 1. The van der Waals surface area contributed by atoms with Crippen LogP contribution in [0.1, 0.15) is 15.9 Å². The van der Waals surface area contributed by atoms with E-state index in [1.807, 2.05) is 36.3 Å². The van der Waals surface area contributed by atoms with E-state index in [2.05, 4.69) is 14.9 Å². The lowest BCUT2D eigenvalue weighted by Crippen LogP contribution is -2.56. The van der Waals surface area contributed by atoms with Crippen LogP contribution in [-0.4, -0.2) is 71.0 Å². The highest BCUT2D eigenvalue weighted by molar-refractivity contribution is 5.89. The van der Waals surface area contributed by atoms with Gasteiger partial charge in [-0.1, -0.05) is 18.2 Å². The summed E-state index contributed by atoms with van der Waals surface area (Å²) in [5, 5.41) is 0.960. The standard InChI is InChI=1S/C22H24N4O3/c1-25-10-11-26(18(14-25)15-29-22(28)16-6-3-2-4-7-16)20(27)12-17-13-24-21-19(17)8-5-9-23-21/h2-9,13,18H,10-12,14-15H2,1H3,(H,23,24). The summed E-state index contributed by atoms with van der Waals surface area (Å²) in [4.78, 5) is 36.8. The molecule has 150 valence electrons. The van der Waals surface area contributed by atoms with Crippen LogP contribution >= 0.6 is 0 Å². The van der Waals surface area contributed by atoms with Gasteiger partial charge < -0.3 is 19.5 Å². The van der Waals surface area contributed by atoms with Gasteiger partial charge in [0.2, 0.25) is 5.91 Å². The number of hydrogen-bond donors (Lipinski definition) is 1. The number of rotatable bonds is 5. The number of hydrogen-bond acceptors (Lipinski definition) is 5. The first kappa shape index (κ1) is 19.1. The summed E-state index contributed by atoms with van der Waals surface area (Å²) >= 11 is 0. The quantitative estimate of drug-likeness (QED) is 0.673. The summed E-state index contributed by atoms with van der Waals surface area (Å²) in [7, 11) is 2.01. The molecule has 3 aromatic rings. The number of carbonyl (C=O) groups is 2. The van der Waals surface area contributed by atoms with E-state index in [-0.39, 0.29) is 24.5 Å². The number of pyridine rings is 1. The fourth-order valence-corrected chi connectivity index (χ4v) is 3.73. The Morgan fingerprint density at radius 1 is 1.17 bits per heavy atom. The van der Waals surface area contributed by atoms with Gasteiger partial charge in [-0.2, -0.15) is 0 Å². The minimum Gasteiger partial charge on any atom is -0.460 e. The summed E-state index contributed by atoms with van der Waals surface area (Å²) < 4.78 is 5.53. The van der Waals surface area contributed by atoms with Crippen molar-refractivity contribution in [2.24, 2.45) is 0 Å². The van der Waals surface area contributed by atoms with E-state index >= 15 is 0 Å². The number of carbonyl (C=O) groups excluding carboxylic acids is 2. The number of benzene rings is 1. The van der Waals surface area contributed by atoms with Gasteiger partial charge in [0, 0.05) is 37.4 Å². The summed E-state index contributed by atoms with van der Waals surface area (Å²) in [6.07, 6.45) is 3.86. The molecular formula is C22H24N4O3.